The molecule has 0 saturated heterocycles. The molecule has 0 bridgehead atoms. The molecule has 0 radical (unpaired) electrons. The fourth-order valence-corrected chi connectivity index (χ4v) is 3.12. The Bertz CT molecular complexity index is 957. The van der Waals surface area contributed by atoms with Crippen molar-refractivity contribution < 1.29 is 98.6 Å². The van der Waals surface area contributed by atoms with Gasteiger partial charge in [-0.3, -0.25) is 4.79 Å². The number of likely N-dealkylation sites (N-methyl/N-ethyl adjacent to an activating group) is 1. The number of halogens is 17. The maximum absolute atomic E-state index is 13.9. The van der Waals surface area contributed by atoms with Crippen LogP contribution in [0.1, 0.15) is 25.7 Å². The molecule has 0 fully saturated rings. The molecule has 0 rings (SSSR count). The first-order valence-electron chi connectivity index (χ1n) is 11.0. The van der Waals surface area contributed by atoms with Crippen molar-refractivity contribution in [2.24, 2.45) is 0 Å². The SMILES string of the molecule is C[N+](C)(C)CC(CC(=O)[O-])OCC(=O)CCCC(F)(F)C(F)(F)C(F)(F)C(F)(F)C(F)(F)C(F)(F)C(F)(F)C(F)(F)F. The number of carboxylic acid groups (broad SMARTS) is 1. The number of carboxylic acids is 1. The molecule has 22 heteroatoms. The molecule has 0 aromatic rings. The molecule has 0 aliphatic rings. The van der Waals surface area contributed by atoms with Crippen LogP contribution in [0.25, 0.3) is 0 Å². The molecule has 0 aliphatic heterocycles. The van der Waals surface area contributed by atoms with Crippen LogP contribution in [0.5, 0.6) is 0 Å². The number of ether oxygens (including phenoxy) is 1. The minimum atomic E-state index is -8.71. The highest BCUT2D eigenvalue weighted by molar-refractivity contribution is 5.79. The van der Waals surface area contributed by atoms with Gasteiger partial charge in [-0.15, -0.1) is 0 Å². The van der Waals surface area contributed by atoms with Gasteiger partial charge < -0.3 is 19.1 Å². The Kier molecular flexibility index (Phi) is 11.5. The number of carbonyl (C=O) groups is 2. The third-order valence-corrected chi connectivity index (χ3v) is 5.36. The van der Waals surface area contributed by atoms with Crippen molar-refractivity contribution in [2.45, 2.75) is 79.4 Å². The van der Waals surface area contributed by atoms with Crippen LogP contribution in [-0.4, -0.2) is 104 Å². The Balaban J connectivity index is 5.85. The monoisotopic (exact) mass is 663 g/mol. The summed E-state index contributed by atoms with van der Waals surface area (Å²) in [6, 6.07) is 0. The predicted molar refractivity (Wildman–Crippen MR) is 102 cm³/mol. The Morgan fingerprint density at radius 3 is 1.40 bits per heavy atom. The van der Waals surface area contributed by atoms with E-state index in [1.165, 1.54) is 21.1 Å². The molecule has 1 unspecified atom stereocenters. The summed E-state index contributed by atoms with van der Waals surface area (Å²) in [6.07, 6.45) is -15.5. The van der Waals surface area contributed by atoms with Crippen molar-refractivity contribution in [3.05, 3.63) is 0 Å². The molecule has 0 aromatic carbocycles. The molecule has 0 amide bonds. The molecular formula is C20H22F17NO4. The lowest BCUT2D eigenvalue weighted by molar-refractivity contribution is -0.873. The van der Waals surface area contributed by atoms with Gasteiger partial charge in [-0.2, -0.15) is 74.6 Å². The Morgan fingerprint density at radius 2 is 1.05 bits per heavy atom. The topological polar surface area (TPSA) is 66.4 Å². The van der Waals surface area contributed by atoms with E-state index in [0.29, 0.717) is 0 Å². The number of ketones is 1. The number of carbonyl (C=O) groups excluding carboxylic acids is 2. The third kappa shape index (κ3) is 7.68. The summed E-state index contributed by atoms with van der Waals surface area (Å²) in [5, 5.41) is 10.8. The number of quaternary nitrogens is 1. The summed E-state index contributed by atoms with van der Waals surface area (Å²) in [5.41, 5.74) is 0. The number of hydrogen-bond acceptors (Lipinski definition) is 4. The summed E-state index contributed by atoms with van der Waals surface area (Å²) in [6.45, 7) is -1.18. The standard InChI is InChI=1S/C20H22F17NO4/c1-38(2,3)8-11(7-12(40)41)42-9-10(39)5-4-6-13(21,22)14(23,24)15(25,26)16(27,28)17(29,30)18(31,32)19(33,34)20(35,36)37/h11H,4-9H2,1-3H3. The lowest BCUT2D eigenvalue weighted by atomic mass is 9.88. The summed E-state index contributed by atoms with van der Waals surface area (Å²) in [4.78, 5) is 22.5. The van der Waals surface area contributed by atoms with Gasteiger partial charge in [0.15, 0.2) is 5.78 Å². The van der Waals surface area contributed by atoms with Crippen molar-refractivity contribution >= 4 is 11.8 Å². The van der Waals surface area contributed by atoms with Gasteiger partial charge >= 0.3 is 47.6 Å². The molecule has 0 heterocycles. The highest BCUT2D eigenvalue weighted by atomic mass is 19.4. The molecular weight excluding hydrogens is 641 g/mol. The van der Waals surface area contributed by atoms with Crippen LogP contribution in [0, 0.1) is 0 Å². The van der Waals surface area contributed by atoms with Gasteiger partial charge in [0.25, 0.3) is 0 Å². The van der Waals surface area contributed by atoms with E-state index in [4.69, 9.17) is 4.74 Å². The fraction of sp³-hybridized carbons (Fsp3) is 0.900. The lowest BCUT2D eigenvalue weighted by Crippen LogP contribution is -2.74. The molecule has 0 spiro atoms. The average Bonchev–Trinajstić information content (AvgIpc) is 2.74. The highest BCUT2D eigenvalue weighted by Gasteiger charge is 2.95. The van der Waals surface area contributed by atoms with Crippen molar-refractivity contribution in [3.63, 3.8) is 0 Å². The van der Waals surface area contributed by atoms with Crippen LogP contribution in [-0.2, 0) is 14.3 Å². The Labute approximate surface area is 225 Å². The first-order chi connectivity index (χ1) is 18.1. The molecule has 5 nitrogen and oxygen atoms in total. The summed E-state index contributed by atoms with van der Waals surface area (Å²) < 4.78 is 230. The van der Waals surface area contributed by atoms with E-state index in [2.05, 4.69) is 0 Å². The fourth-order valence-electron chi connectivity index (χ4n) is 3.12. The van der Waals surface area contributed by atoms with Crippen molar-refractivity contribution in [1.29, 1.82) is 0 Å². The third-order valence-electron chi connectivity index (χ3n) is 5.36. The molecule has 42 heavy (non-hydrogen) atoms. The maximum atomic E-state index is 13.9. The Morgan fingerprint density at radius 1 is 0.667 bits per heavy atom. The zero-order chi connectivity index (χ0) is 34.2. The van der Waals surface area contributed by atoms with Crippen LogP contribution in [0.2, 0.25) is 0 Å². The zero-order valence-electron chi connectivity index (χ0n) is 21.3. The summed E-state index contributed by atoms with van der Waals surface area (Å²) in [5.74, 6) is -59.9. The highest BCUT2D eigenvalue weighted by Crippen LogP contribution is 2.64. The molecule has 1 atom stereocenters. The zero-order valence-corrected chi connectivity index (χ0v) is 21.3. The van der Waals surface area contributed by atoms with Crippen LogP contribution < -0.4 is 5.11 Å². The van der Waals surface area contributed by atoms with E-state index in [1.54, 1.807) is 0 Å². The maximum Gasteiger partial charge on any atom is 0.460 e. The first kappa shape index (κ1) is 39.9. The van der Waals surface area contributed by atoms with Gasteiger partial charge in [-0.05, 0) is 6.42 Å². The van der Waals surface area contributed by atoms with Crippen molar-refractivity contribution in [2.75, 3.05) is 34.3 Å². The van der Waals surface area contributed by atoms with E-state index in [-0.39, 0.29) is 11.0 Å². The normalized spacial score (nSPS) is 16.0. The predicted octanol–water partition coefficient (Wildman–Crippen LogP) is 4.97. The lowest BCUT2D eigenvalue weighted by Gasteiger charge is -2.42. The Hall–Kier alpha value is -2.13. The second-order valence-electron chi connectivity index (χ2n) is 10.0. The number of alkyl halides is 17. The van der Waals surface area contributed by atoms with Gasteiger partial charge in [0.2, 0.25) is 0 Å². The van der Waals surface area contributed by atoms with Crippen molar-refractivity contribution in [1.82, 2.24) is 0 Å². The second kappa shape index (κ2) is 12.1. The van der Waals surface area contributed by atoms with Gasteiger partial charge in [-0.1, -0.05) is 0 Å². The van der Waals surface area contributed by atoms with E-state index >= 15 is 0 Å². The van der Waals surface area contributed by atoms with Crippen LogP contribution in [0.3, 0.4) is 0 Å². The molecule has 0 aromatic heterocycles. The molecule has 250 valence electrons. The van der Waals surface area contributed by atoms with Crippen LogP contribution in [0.15, 0.2) is 0 Å². The van der Waals surface area contributed by atoms with E-state index in [9.17, 15) is 89.3 Å². The summed E-state index contributed by atoms with van der Waals surface area (Å²) >= 11 is 0. The number of hydrogen-bond donors (Lipinski definition) is 0. The number of aliphatic carboxylic acids is 1. The minimum Gasteiger partial charge on any atom is -0.550 e. The molecule has 0 N–H and O–H groups in total. The first-order valence-corrected chi connectivity index (χ1v) is 11.0. The largest absolute Gasteiger partial charge is 0.550 e. The van der Waals surface area contributed by atoms with E-state index in [1.807, 2.05) is 0 Å². The minimum absolute atomic E-state index is 0.0467. The van der Waals surface area contributed by atoms with Crippen molar-refractivity contribution in [3.8, 4) is 0 Å². The van der Waals surface area contributed by atoms with Gasteiger partial charge in [0, 0.05) is 25.2 Å². The van der Waals surface area contributed by atoms with Gasteiger partial charge in [0.1, 0.15) is 19.3 Å². The van der Waals surface area contributed by atoms with Gasteiger partial charge in [-0.25, -0.2) is 0 Å². The number of rotatable bonds is 17. The molecule has 0 aliphatic carbocycles. The molecule has 0 saturated carbocycles. The van der Waals surface area contributed by atoms with E-state index in [0.717, 1.165) is 0 Å². The van der Waals surface area contributed by atoms with Crippen LogP contribution >= 0.6 is 0 Å². The average molecular weight is 663 g/mol. The summed E-state index contributed by atoms with van der Waals surface area (Å²) in [7, 11) is 4.61. The van der Waals surface area contributed by atoms with E-state index < -0.39 is 97.8 Å². The smallest absolute Gasteiger partial charge is 0.460 e. The number of nitrogens with zero attached hydrogens (tertiary/aromatic N) is 1. The van der Waals surface area contributed by atoms with Crippen LogP contribution in [0.4, 0.5) is 74.6 Å². The quantitative estimate of drug-likeness (QED) is 0.163. The van der Waals surface area contributed by atoms with Gasteiger partial charge in [0.05, 0.1) is 21.1 Å². The number of Topliss-reactive ketones (excluding diaryl/α,β-unsaturated/α-hetero) is 1. The second-order valence-corrected chi connectivity index (χ2v) is 10.0.